The van der Waals surface area contributed by atoms with Gasteiger partial charge in [-0.3, -0.25) is 0 Å². The van der Waals surface area contributed by atoms with Gasteiger partial charge in [0.2, 0.25) is 0 Å². The molecule has 2 N–H and O–H groups in total. The molecule has 15 heavy (non-hydrogen) atoms. The van der Waals surface area contributed by atoms with Gasteiger partial charge in [0, 0.05) is 5.92 Å². The van der Waals surface area contributed by atoms with E-state index in [1.807, 2.05) is 30.3 Å². The second-order valence-electron chi connectivity index (χ2n) is 3.56. The zero-order valence-electron chi connectivity index (χ0n) is 8.60. The summed E-state index contributed by atoms with van der Waals surface area (Å²) >= 11 is 0. The van der Waals surface area contributed by atoms with E-state index >= 15 is 0 Å². The Morgan fingerprint density at radius 3 is 2.47 bits per heavy atom. The summed E-state index contributed by atoms with van der Waals surface area (Å²) in [6.45, 7) is 0.667. The van der Waals surface area contributed by atoms with Gasteiger partial charge in [0.25, 0.3) is 0 Å². The number of hydrogen-bond donors (Lipinski definition) is 1. The van der Waals surface area contributed by atoms with E-state index in [-0.39, 0.29) is 5.92 Å². The van der Waals surface area contributed by atoms with Gasteiger partial charge in [-0.25, -0.2) is 0 Å². The van der Waals surface area contributed by atoms with Crippen molar-refractivity contribution >= 4 is 0 Å². The van der Waals surface area contributed by atoms with Gasteiger partial charge in [-0.1, -0.05) is 30.3 Å². The zero-order valence-corrected chi connectivity index (χ0v) is 8.60. The second kappa shape index (κ2) is 4.80. The molecule has 1 aromatic heterocycles. The van der Waals surface area contributed by atoms with E-state index in [4.69, 9.17) is 10.2 Å². The van der Waals surface area contributed by atoms with Crippen LogP contribution in [0.2, 0.25) is 0 Å². The minimum atomic E-state index is 0.284. The van der Waals surface area contributed by atoms with Crippen LogP contribution in [0.5, 0.6) is 0 Å². The highest BCUT2D eigenvalue weighted by Gasteiger charge is 2.15. The fraction of sp³-hybridized carbons (Fsp3) is 0.231. The summed E-state index contributed by atoms with van der Waals surface area (Å²) < 4.78 is 5.45. The molecule has 2 heteroatoms. The summed E-state index contributed by atoms with van der Waals surface area (Å²) in [5.41, 5.74) is 6.89. The summed E-state index contributed by atoms with van der Waals surface area (Å²) in [7, 11) is 0. The summed E-state index contributed by atoms with van der Waals surface area (Å²) in [4.78, 5) is 0. The van der Waals surface area contributed by atoms with Crippen molar-refractivity contribution in [3.8, 4) is 0 Å². The Hall–Kier alpha value is -1.54. The highest BCUT2D eigenvalue weighted by atomic mass is 16.3. The summed E-state index contributed by atoms with van der Waals surface area (Å²) in [6, 6.07) is 14.3. The van der Waals surface area contributed by atoms with Crippen LogP contribution >= 0.6 is 0 Å². The predicted octanol–water partition coefficient (Wildman–Crippen LogP) is 2.76. The SMILES string of the molecule is NCC[C@@H](c1ccccc1)c1ccco1. The first-order chi connectivity index (χ1) is 7.42. The maximum Gasteiger partial charge on any atom is 0.111 e. The highest BCUT2D eigenvalue weighted by Crippen LogP contribution is 2.27. The number of hydrogen-bond acceptors (Lipinski definition) is 2. The van der Waals surface area contributed by atoms with Crippen molar-refractivity contribution in [2.75, 3.05) is 6.54 Å². The number of nitrogens with two attached hydrogens (primary N) is 1. The topological polar surface area (TPSA) is 39.2 Å². The average Bonchev–Trinajstić information content (AvgIpc) is 2.80. The summed E-state index contributed by atoms with van der Waals surface area (Å²) in [5.74, 6) is 1.28. The van der Waals surface area contributed by atoms with Gasteiger partial charge in [0.15, 0.2) is 0 Å². The van der Waals surface area contributed by atoms with E-state index in [2.05, 4.69) is 12.1 Å². The van der Waals surface area contributed by atoms with Gasteiger partial charge < -0.3 is 10.2 Å². The Morgan fingerprint density at radius 2 is 1.87 bits per heavy atom. The Morgan fingerprint density at radius 1 is 1.07 bits per heavy atom. The van der Waals surface area contributed by atoms with Crippen molar-refractivity contribution in [1.82, 2.24) is 0 Å². The van der Waals surface area contributed by atoms with Gasteiger partial charge in [0.05, 0.1) is 6.26 Å². The minimum Gasteiger partial charge on any atom is -0.469 e. The lowest BCUT2D eigenvalue weighted by Crippen LogP contribution is -2.08. The molecular formula is C13H15NO. The molecule has 0 unspecified atom stereocenters. The highest BCUT2D eigenvalue weighted by molar-refractivity contribution is 5.27. The molecule has 0 spiro atoms. The molecule has 0 saturated carbocycles. The van der Waals surface area contributed by atoms with Crippen molar-refractivity contribution in [2.45, 2.75) is 12.3 Å². The molecule has 1 heterocycles. The molecule has 0 aliphatic heterocycles. The molecule has 1 atom stereocenters. The predicted molar refractivity (Wildman–Crippen MR) is 60.7 cm³/mol. The van der Waals surface area contributed by atoms with Crippen molar-refractivity contribution < 1.29 is 4.42 Å². The molecule has 1 aromatic carbocycles. The quantitative estimate of drug-likeness (QED) is 0.826. The number of benzene rings is 1. The molecule has 0 aliphatic carbocycles. The summed E-state index contributed by atoms with van der Waals surface area (Å²) in [5, 5.41) is 0. The first kappa shape index (κ1) is 9.99. The van der Waals surface area contributed by atoms with Gasteiger partial charge in [-0.05, 0) is 30.7 Å². The standard InChI is InChI=1S/C13H15NO/c14-9-8-12(13-7-4-10-15-13)11-5-2-1-3-6-11/h1-7,10,12H,8-9,14H2/t12-/m0/s1. The largest absolute Gasteiger partial charge is 0.469 e. The molecular weight excluding hydrogens is 186 g/mol. The third-order valence-electron chi connectivity index (χ3n) is 2.54. The van der Waals surface area contributed by atoms with E-state index in [1.54, 1.807) is 6.26 Å². The molecule has 0 amide bonds. The maximum atomic E-state index is 5.63. The first-order valence-corrected chi connectivity index (χ1v) is 5.20. The van der Waals surface area contributed by atoms with E-state index in [0.29, 0.717) is 6.54 Å². The lowest BCUT2D eigenvalue weighted by Gasteiger charge is -2.13. The molecule has 0 saturated heterocycles. The van der Waals surface area contributed by atoms with E-state index in [9.17, 15) is 0 Å². The third-order valence-corrected chi connectivity index (χ3v) is 2.54. The van der Waals surface area contributed by atoms with Crippen LogP contribution in [-0.2, 0) is 0 Å². The number of furan rings is 1. The maximum absolute atomic E-state index is 5.63. The van der Waals surface area contributed by atoms with Crippen LogP contribution in [0.1, 0.15) is 23.7 Å². The molecule has 0 bridgehead atoms. The van der Waals surface area contributed by atoms with Crippen LogP contribution in [0.25, 0.3) is 0 Å². The van der Waals surface area contributed by atoms with Crippen LogP contribution in [0, 0.1) is 0 Å². The summed E-state index contributed by atoms with van der Waals surface area (Å²) in [6.07, 6.45) is 2.62. The molecule has 2 aromatic rings. The van der Waals surface area contributed by atoms with Gasteiger partial charge in [0.1, 0.15) is 5.76 Å². The van der Waals surface area contributed by atoms with Crippen LogP contribution in [0.15, 0.2) is 53.1 Å². The van der Waals surface area contributed by atoms with Crippen LogP contribution in [-0.4, -0.2) is 6.54 Å². The van der Waals surface area contributed by atoms with E-state index in [1.165, 1.54) is 5.56 Å². The van der Waals surface area contributed by atoms with E-state index in [0.717, 1.165) is 12.2 Å². The van der Waals surface area contributed by atoms with E-state index < -0.39 is 0 Å². The molecule has 2 nitrogen and oxygen atoms in total. The fourth-order valence-corrected chi connectivity index (χ4v) is 1.81. The Kier molecular flexibility index (Phi) is 3.20. The van der Waals surface area contributed by atoms with Crippen LogP contribution in [0.4, 0.5) is 0 Å². The van der Waals surface area contributed by atoms with Crippen molar-refractivity contribution in [3.63, 3.8) is 0 Å². The minimum absolute atomic E-state index is 0.284. The Labute approximate surface area is 89.7 Å². The lowest BCUT2D eigenvalue weighted by atomic mass is 9.93. The number of rotatable bonds is 4. The molecule has 0 fully saturated rings. The monoisotopic (exact) mass is 201 g/mol. The van der Waals surface area contributed by atoms with Crippen molar-refractivity contribution in [3.05, 3.63) is 60.1 Å². The van der Waals surface area contributed by atoms with Crippen LogP contribution < -0.4 is 5.73 Å². The molecule has 0 aliphatic rings. The van der Waals surface area contributed by atoms with Crippen molar-refractivity contribution in [1.29, 1.82) is 0 Å². The lowest BCUT2D eigenvalue weighted by molar-refractivity contribution is 0.476. The Bertz CT molecular complexity index is 380. The zero-order chi connectivity index (χ0) is 10.5. The molecule has 78 valence electrons. The van der Waals surface area contributed by atoms with Gasteiger partial charge >= 0.3 is 0 Å². The smallest absolute Gasteiger partial charge is 0.111 e. The van der Waals surface area contributed by atoms with Gasteiger partial charge in [-0.2, -0.15) is 0 Å². The third kappa shape index (κ3) is 2.28. The first-order valence-electron chi connectivity index (χ1n) is 5.20. The van der Waals surface area contributed by atoms with Crippen molar-refractivity contribution in [2.24, 2.45) is 5.73 Å². The van der Waals surface area contributed by atoms with Crippen LogP contribution in [0.3, 0.4) is 0 Å². The normalized spacial score (nSPS) is 12.6. The second-order valence-corrected chi connectivity index (χ2v) is 3.56. The average molecular weight is 201 g/mol. The fourth-order valence-electron chi connectivity index (χ4n) is 1.81. The molecule has 0 radical (unpaired) electrons. The van der Waals surface area contributed by atoms with Gasteiger partial charge in [-0.15, -0.1) is 0 Å². The Balaban J connectivity index is 2.28. The molecule has 2 rings (SSSR count).